The fourth-order valence-electron chi connectivity index (χ4n) is 9.90. The van der Waals surface area contributed by atoms with Crippen molar-refractivity contribution < 1.29 is 177 Å². The molecule has 6 fully saturated rings. The molecule has 0 saturated carbocycles. The van der Waals surface area contributed by atoms with Gasteiger partial charge in [0.05, 0.1) is 39.6 Å². The van der Waals surface area contributed by atoms with Gasteiger partial charge in [-0.15, -0.1) is 0 Å². The standard InChI is InChI=1S/C42H71N3O37S2/c1-10(49)43-19-26(56)33(17(8-71-83(64,65)66)77-38(19)70-7-16-25(55)35(21(37(63)73-16)45-12(3)51)81-41-31(61)29(59)23(53)14(5-47)75-41)80-42-32(62)36(24(54)15(6-48)76-42)82-39-20(44-11(2)50)27(57)34(18(78-39)9-72-84(67,68)69)79-40-30(60)28(58)22(52)13(4-46)74-40/h13-42,46-48,52-63H,4-9H2,1-3H3,(H,43,49)(H,44,50)(H,45,51)(H,64,65,66)(H,67,68,69)/t13-,14-,15-,16-,17-,18-,19-,20-,21-,22+,23+,24+,25+,26-,27-,28+,29+,30-,31-,32-,33-,34-,35-,36+,37?,38-,39+,40+,41+,42+/m1/s1. The lowest BCUT2D eigenvalue weighted by atomic mass is 9.94. The van der Waals surface area contributed by atoms with Crippen molar-refractivity contribution in [3.05, 3.63) is 0 Å². The summed E-state index contributed by atoms with van der Waals surface area (Å²) in [4.78, 5) is 37.5. The van der Waals surface area contributed by atoms with E-state index in [-0.39, 0.29) is 0 Å². The summed E-state index contributed by atoms with van der Waals surface area (Å²) in [7, 11) is -10.8. The molecule has 40 nitrogen and oxygen atoms in total. The summed E-state index contributed by atoms with van der Waals surface area (Å²) in [5.41, 5.74) is 0. The molecule has 0 aromatic rings. The highest BCUT2D eigenvalue weighted by molar-refractivity contribution is 7.81. The molecule has 0 aliphatic carbocycles. The van der Waals surface area contributed by atoms with E-state index in [9.17, 15) is 117 Å². The third-order valence-corrected chi connectivity index (χ3v) is 14.9. The van der Waals surface area contributed by atoms with Crippen molar-refractivity contribution in [3.63, 3.8) is 0 Å². The van der Waals surface area contributed by atoms with E-state index in [2.05, 4.69) is 24.3 Å². The molecule has 6 aliphatic rings. The van der Waals surface area contributed by atoms with Gasteiger partial charge in [0.1, 0.15) is 146 Å². The Balaban J connectivity index is 1.26. The van der Waals surface area contributed by atoms with Crippen molar-refractivity contribution >= 4 is 38.5 Å². The monoisotopic (exact) mass is 1270 g/mol. The third-order valence-electron chi connectivity index (χ3n) is 14.0. The fraction of sp³-hybridized carbons (Fsp3) is 0.929. The van der Waals surface area contributed by atoms with E-state index < -0.39 is 262 Å². The zero-order valence-corrected chi connectivity index (χ0v) is 45.8. The molecule has 0 bridgehead atoms. The van der Waals surface area contributed by atoms with Crippen molar-refractivity contribution in [1.29, 1.82) is 0 Å². The van der Waals surface area contributed by atoms with Crippen LogP contribution in [0.4, 0.5) is 0 Å². The van der Waals surface area contributed by atoms with Gasteiger partial charge in [0.25, 0.3) is 0 Å². The van der Waals surface area contributed by atoms with Crippen LogP contribution in [0.1, 0.15) is 20.8 Å². The van der Waals surface area contributed by atoms with Crippen molar-refractivity contribution in [2.24, 2.45) is 0 Å². The average Bonchev–Trinajstić information content (AvgIpc) is 2.69. The highest BCUT2D eigenvalue weighted by atomic mass is 32.3. The number of rotatable bonds is 23. The van der Waals surface area contributed by atoms with Gasteiger partial charge in [-0.25, -0.2) is 8.37 Å². The molecule has 0 aromatic carbocycles. The second-order valence-corrected chi connectivity index (χ2v) is 22.2. The maximum atomic E-state index is 12.7. The summed E-state index contributed by atoms with van der Waals surface area (Å²) in [6.07, 6.45) is -55.5. The number of aliphatic hydroxyl groups is 15. The molecular weight excluding hydrogens is 1200 g/mol. The van der Waals surface area contributed by atoms with Crippen molar-refractivity contribution in [1.82, 2.24) is 16.0 Å². The lowest BCUT2D eigenvalue weighted by Crippen LogP contribution is -2.70. The largest absolute Gasteiger partial charge is 0.397 e. The van der Waals surface area contributed by atoms with Crippen molar-refractivity contribution in [2.45, 2.75) is 205 Å². The lowest BCUT2D eigenvalue weighted by molar-refractivity contribution is -0.378. The van der Waals surface area contributed by atoms with Crippen LogP contribution in [0.15, 0.2) is 0 Å². The van der Waals surface area contributed by atoms with Crippen LogP contribution in [-0.4, -0.2) is 344 Å². The molecule has 6 saturated heterocycles. The first-order valence-electron chi connectivity index (χ1n) is 25.4. The number of aliphatic hydroxyl groups excluding tert-OH is 15. The van der Waals surface area contributed by atoms with E-state index >= 15 is 0 Å². The summed E-state index contributed by atoms with van der Waals surface area (Å²) >= 11 is 0. The van der Waals surface area contributed by atoms with Gasteiger partial charge < -0.3 is 145 Å². The van der Waals surface area contributed by atoms with Crippen molar-refractivity contribution in [2.75, 3.05) is 39.6 Å². The minimum atomic E-state index is -5.42. The lowest BCUT2D eigenvalue weighted by Gasteiger charge is -2.50. The molecule has 0 spiro atoms. The van der Waals surface area contributed by atoms with Gasteiger partial charge in [-0.2, -0.15) is 16.8 Å². The zero-order valence-electron chi connectivity index (χ0n) is 44.1. The number of nitrogens with one attached hydrogen (secondary N) is 3. The average molecular weight is 1270 g/mol. The number of ether oxygens (including phenoxy) is 11. The molecule has 20 N–H and O–H groups in total. The molecule has 6 aliphatic heterocycles. The molecule has 42 heteroatoms. The Morgan fingerprint density at radius 2 is 0.714 bits per heavy atom. The minimum Gasteiger partial charge on any atom is -0.394 e. The van der Waals surface area contributed by atoms with E-state index in [1.807, 2.05) is 0 Å². The maximum Gasteiger partial charge on any atom is 0.397 e. The van der Waals surface area contributed by atoms with Crippen LogP contribution in [-0.2, 0) is 95.7 Å². The molecule has 6 heterocycles. The second-order valence-electron chi connectivity index (χ2n) is 20.1. The summed E-state index contributed by atoms with van der Waals surface area (Å²) in [6, 6.07) is -5.57. The Morgan fingerprint density at radius 1 is 0.369 bits per heavy atom. The number of amides is 3. The van der Waals surface area contributed by atoms with E-state index in [0.29, 0.717) is 0 Å². The summed E-state index contributed by atoms with van der Waals surface area (Å²) in [6.45, 7) is -3.89. The van der Waals surface area contributed by atoms with Gasteiger partial charge in [-0.3, -0.25) is 23.5 Å². The second kappa shape index (κ2) is 29.6. The molecule has 30 atom stereocenters. The normalized spacial score (nSPS) is 45.1. The van der Waals surface area contributed by atoms with Gasteiger partial charge in [-0.05, 0) is 0 Å². The Hall–Kier alpha value is -2.89. The molecule has 488 valence electrons. The highest BCUT2D eigenvalue weighted by Gasteiger charge is 2.58. The van der Waals surface area contributed by atoms with Gasteiger partial charge in [0.15, 0.2) is 37.7 Å². The van der Waals surface area contributed by atoms with Crippen LogP contribution in [0, 0.1) is 0 Å². The Kier molecular flexibility index (Phi) is 24.8. The number of carbonyl (C=O) groups excluding carboxylic acids is 3. The van der Waals surface area contributed by atoms with Gasteiger partial charge in [-0.1, -0.05) is 0 Å². The minimum absolute atomic E-state index is 0.824. The molecule has 3 amide bonds. The van der Waals surface area contributed by atoms with E-state index in [0.717, 1.165) is 20.8 Å². The number of carbonyl (C=O) groups is 3. The Labute approximate surface area is 475 Å². The zero-order chi connectivity index (χ0) is 62.6. The van der Waals surface area contributed by atoms with Gasteiger partial charge in [0.2, 0.25) is 17.7 Å². The van der Waals surface area contributed by atoms with Crippen LogP contribution < -0.4 is 16.0 Å². The number of hydrogen-bond donors (Lipinski definition) is 20. The van der Waals surface area contributed by atoms with Crippen LogP contribution in [0.3, 0.4) is 0 Å². The summed E-state index contributed by atoms with van der Waals surface area (Å²) in [5.74, 6) is -2.75. The first kappa shape index (κ1) is 70.2. The van der Waals surface area contributed by atoms with Crippen molar-refractivity contribution in [3.8, 4) is 0 Å². The Bertz CT molecular complexity index is 2390. The summed E-state index contributed by atoms with van der Waals surface area (Å²) < 4.78 is 138. The summed E-state index contributed by atoms with van der Waals surface area (Å²) in [5, 5.41) is 169. The molecule has 84 heavy (non-hydrogen) atoms. The van der Waals surface area contributed by atoms with Crippen LogP contribution >= 0.6 is 0 Å². The molecular formula is C42H71N3O37S2. The van der Waals surface area contributed by atoms with E-state index in [1.54, 1.807) is 0 Å². The topological polar surface area (TPSA) is 619 Å². The fourth-order valence-corrected chi connectivity index (χ4v) is 10.5. The van der Waals surface area contributed by atoms with Gasteiger partial charge >= 0.3 is 20.8 Å². The quantitative estimate of drug-likeness (QED) is 0.0422. The third kappa shape index (κ3) is 17.1. The predicted octanol–water partition coefficient (Wildman–Crippen LogP) is -14.0. The highest BCUT2D eigenvalue weighted by Crippen LogP contribution is 2.36. The SMILES string of the molecule is CC(=O)N[C@H]1[C@H](O[C@H]2[C@@H](O)[C@@H](CO)O[C@@H](O[C@H]3[C@H](O)[C@@H](NC(C)=O)[C@H](OC[C@H]4OC(O)[C@H](NC(C)=O)[C@@H](O[C@@H]5O[C@H](CO)[C@H](O)[C@H](O)[C@H]5O)[C@H]4O)O[C@@H]3COS(=O)(=O)O)[C@@H]2O)O[C@H](COS(=O)(=O)O)[C@@H](O[C@@H]2O[C@H](CO)[C@H](O)[C@H](O)[C@H]2O)[C@@H]1O. The molecule has 0 aromatic heterocycles. The van der Waals surface area contributed by atoms with E-state index in [1.165, 1.54) is 0 Å². The molecule has 1 unspecified atom stereocenters. The molecule has 6 rings (SSSR count). The predicted molar refractivity (Wildman–Crippen MR) is 255 cm³/mol. The first-order chi connectivity index (χ1) is 39.2. The number of hydrogen-bond acceptors (Lipinski definition) is 35. The van der Waals surface area contributed by atoms with E-state index in [4.69, 9.17) is 52.1 Å². The van der Waals surface area contributed by atoms with Crippen LogP contribution in [0.25, 0.3) is 0 Å². The maximum absolute atomic E-state index is 12.7. The first-order valence-corrected chi connectivity index (χ1v) is 28.1. The molecule has 0 radical (unpaired) electrons. The van der Waals surface area contributed by atoms with Crippen LogP contribution in [0.2, 0.25) is 0 Å². The smallest absolute Gasteiger partial charge is 0.394 e. The van der Waals surface area contributed by atoms with Gasteiger partial charge in [0, 0.05) is 20.8 Å². The Morgan fingerprint density at radius 3 is 1.13 bits per heavy atom. The van der Waals surface area contributed by atoms with Crippen LogP contribution in [0.5, 0.6) is 0 Å².